The molecule has 1 heterocycles. The Kier molecular flexibility index (Phi) is 5.11. The number of hydrogen-bond acceptors (Lipinski definition) is 5. The molecule has 0 aliphatic heterocycles. The van der Waals surface area contributed by atoms with Crippen molar-refractivity contribution in [3.05, 3.63) is 47.8 Å². The summed E-state index contributed by atoms with van der Waals surface area (Å²) in [6, 6.07) is 8.27. The highest BCUT2D eigenvalue weighted by Gasteiger charge is 2.07. The van der Waals surface area contributed by atoms with Gasteiger partial charge in [-0.15, -0.1) is 0 Å². The molecule has 0 radical (unpaired) electrons. The van der Waals surface area contributed by atoms with E-state index in [1.165, 1.54) is 5.56 Å². The monoisotopic (exact) mass is 286 g/mol. The van der Waals surface area contributed by atoms with E-state index in [0.29, 0.717) is 12.4 Å². The van der Waals surface area contributed by atoms with Gasteiger partial charge in [0.15, 0.2) is 5.82 Å². The van der Waals surface area contributed by atoms with E-state index >= 15 is 0 Å². The van der Waals surface area contributed by atoms with Crippen molar-refractivity contribution < 1.29 is 4.74 Å². The van der Waals surface area contributed by atoms with Crippen LogP contribution in [0.3, 0.4) is 0 Å². The third-order valence-corrected chi connectivity index (χ3v) is 3.03. The van der Waals surface area contributed by atoms with E-state index < -0.39 is 0 Å². The maximum Gasteiger partial charge on any atom is 0.234 e. The standard InChI is InChI=1S/C16H22N4O/c1-12(2)21-16-10-18-9-15(19-16)20(3)11-14-6-4-13(8-17)5-7-14/h4-7,9-10,12H,8,11,17H2,1-3H3. The van der Waals surface area contributed by atoms with Crippen LogP contribution in [0.4, 0.5) is 5.82 Å². The number of benzene rings is 1. The van der Waals surface area contributed by atoms with Crippen molar-refractivity contribution in [1.29, 1.82) is 0 Å². The maximum atomic E-state index is 5.61. The molecule has 5 heteroatoms. The summed E-state index contributed by atoms with van der Waals surface area (Å²) < 4.78 is 5.57. The minimum absolute atomic E-state index is 0.0867. The van der Waals surface area contributed by atoms with Crippen LogP contribution in [0, 0.1) is 0 Å². The molecule has 1 aromatic heterocycles. The highest BCUT2D eigenvalue weighted by Crippen LogP contribution is 2.16. The van der Waals surface area contributed by atoms with Gasteiger partial charge in [0.2, 0.25) is 5.88 Å². The highest BCUT2D eigenvalue weighted by molar-refractivity contribution is 5.38. The molecule has 0 bridgehead atoms. The third-order valence-electron chi connectivity index (χ3n) is 3.03. The van der Waals surface area contributed by atoms with Crippen LogP contribution >= 0.6 is 0 Å². The molecule has 0 fully saturated rings. The number of hydrogen-bond donors (Lipinski definition) is 1. The van der Waals surface area contributed by atoms with Crippen LogP contribution in [0.2, 0.25) is 0 Å². The van der Waals surface area contributed by atoms with Crippen LogP contribution in [0.15, 0.2) is 36.7 Å². The first-order valence-electron chi connectivity index (χ1n) is 7.06. The molecule has 0 saturated carbocycles. The van der Waals surface area contributed by atoms with Crippen molar-refractivity contribution in [2.75, 3.05) is 11.9 Å². The van der Waals surface area contributed by atoms with E-state index in [2.05, 4.69) is 22.1 Å². The minimum Gasteiger partial charge on any atom is -0.474 e. The minimum atomic E-state index is 0.0867. The summed E-state index contributed by atoms with van der Waals surface area (Å²) in [5.74, 6) is 1.34. The lowest BCUT2D eigenvalue weighted by Crippen LogP contribution is -2.18. The van der Waals surface area contributed by atoms with Crippen molar-refractivity contribution in [2.45, 2.75) is 33.0 Å². The molecular formula is C16H22N4O. The number of nitrogens with two attached hydrogens (primary N) is 1. The molecule has 0 atom stereocenters. The van der Waals surface area contributed by atoms with Gasteiger partial charge in [-0.3, -0.25) is 4.98 Å². The zero-order valence-electron chi connectivity index (χ0n) is 12.8. The number of aromatic nitrogens is 2. The summed E-state index contributed by atoms with van der Waals surface area (Å²) in [7, 11) is 1.99. The van der Waals surface area contributed by atoms with E-state index in [4.69, 9.17) is 10.5 Å². The maximum absolute atomic E-state index is 5.61. The Bertz CT molecular complexity index is 569. The first-order valence-corrected chi connectivity index (χ1v) is 7.06. The molecule has 5 nitrogen and oxygen atoms in total. The van der Waals surface area contributed by atoms with E-state index in [-0.39, 0.29) is 6.10 Å². The van der Waals surface area contributed by atoms with Gasteiger partial charge in [-0.1, -0.05) is 24.3 Å². The molecule has 0 aliphatic rings. The second-order valence-corrected chi connectivity index (χ2v) is 5.26. The molecule has 2 rings (SSSR count). The van der Waals surface area contributed by atoms with E-state index in [1.54, 1.807) is 12.4 Å². The van der Waals surface area contributed by atoms with Gasteiger partial charge in [0.05, 0.1) is 18.5 Å². The molecule has 0 amide bonds. The third kappa shape index (κ3) is 4.43. The summed E-state index contributed by atoms with van der Waals surface area (Å²) in [5.41, 5.74) is 7.94. The van der Waals surface area contributed by atoms with E-state index in [0.717, 1.165) is 17.9 Å². The van der Waals surface area contributed by atoms with Crippen LogP contribution in [-0.4, -0.2) is 23.1 Å². The summed E-state index contributed by atoms with van der Waals surface area (Å²) in [4.78, 5) is 10.7. The summed E-state index contributed by atoms with van der Waals surface area (Å²) in [6.07, 6.45) is 3.46. The van der Waals surface area contributed by atoms with Gasteiger partial charge in [-0.25, -0.2) is 0 Å². The summed E-state index contributed by atoms with van der Waals surface area (Å²) >= 11 is 0. The fourth-order valence-corrected chi connectivity index (χ4v) is 1.96. The number of ether oxygens (including phenoxy) is 1. The first kappa shape index (κ1) is 15.3. The van der Waals surface area contributed by atoms with Crippen molar-refractivity contribution in [2.24, 2.45) is 5.73 Å². The molecule has 2 N–H and O–H groups in total. The van der Waals surface area contributed by atoms with Crippen LogP contribution in [-0.2, 0) is 13.1 Å². The van der Waals surface area contributed by atoms with Gasteiger partial charge >= 0.3 is 0 Å². The smallest absolute Gasteiger partial charge is 0.234 e. The normalized spacial score (nSPS) is 10.7. The van der Waals surface area contributed by atoms with Gasteiger partial charge < -0.3 is 15.4 Å². The van der Waals surface area contributed by atoms with E-state index in [9.17, 15) is 0 Å². The SMILES string of the molecule is CC(C)Oc1cncc(N(C)Cc2ccc(CN)cc2)n1. The Morgan fingerprint density at radius 2 is 1.81 bits per heavy atom. The fourth-order valence-electron chi connectivity index (χ4n) is 1.96. The molecule has 112 valence electrons. The second-order valence-electron chi connectivity index (χ2n) is 5.26. The van der Waals surface area contributed by atoms with Gasteiger partial charge in [0.1, 0.15) is 0 Å². The van der Waals surface area contributed by atoms with Crippen LogP contribution < -0.4 is 15.4 Å². The molecule has 2 aromatic rings. The van der Waals surface area contributed by atoms with Gasteiger partial charge in [-0.2, -0.15) is 4.98 Å². The average molecular weight is 286 g/mol. The Morgan fingerprint density at radius 1 is 1.14 bits per heavy atom. The second kappa shape index (κ2) is 7.04. The van der Waals surface area contributed by atoms with Crippen molar-refractivity contribution in [3.8, 4) is 5.88 Å². The van der Waals surface area contributed by atoms with Crippen molar-refractivity contribution in [3.63, 3.8) is 0 Å². The zero-order valence-corrected chi connectivity index (χ0v) is 12.8. The molecule has 0 spiro atoms. The van der Waals surface area contributed by atoms with Crippen LogP contribution in [0.25, 0.3) is 0 Å². The summed E-state index contributed by atoms with van der Waals surface area (Å²) in [6.45, 7) is 5.26. The summed E-state index contributed by atoms with van der Waals surface area (Å²) in [5, 5.41) is 0. The van der Waals surface area contributed by atoms with Gasteiger partial charge in [0, 0.05) is 20.1 Å². The Labute approximate surface area is 125 Å². The number of anilines is 1. The van der Waals surface area contributed by atoms with Crippen molar-refractivity contribution in [1.82, 2.24) is 9.97 Å². The molecular weight excluding hydrogens is 264 g/mol. The van der Waals surface area contributed by atoms with Crippen molar-refractivity contribution >= 4 is 5.82 Å². The van der Waals surface area contributed by atoms with Gasteiger partial charge in [0.25, 0.3) is 0 Å². The Balaban J connectivity index is 2.06. The Morgan fingerprint density at radius 3 is 2.43 bits per heavy atom. The molecule has 1 aromatic carbocycles. The predicted octanol–water partition coefficient (Wildman–Crippen LogP) is 2.36. The number of nitrogens with zero attached hydrogens (tertiary/aromatic N) is 3. The Hall–Kier alpha value is -2.14. The lowest BCUT2D eigenvalue weighted by molar-refractivity contribution is 0.231. The number of rotatable bonds is 6. The molecule has 0 saturated heterocycles. The molecule has 21 heavy (non-hydrogen) atoms. The zero-order chi connectivity index (χ0) is 15.2. The largest absolute Gasteiger partial charge is 0.474 e. The lowest BCUT2D eigenvalue weighted by Gasteiger charge is -2.19. The highest BCUT2D eigenvalue weighted by atomic mass is 16.5. The fraction of sp³-hybridized carbons (Fsp3) is 0.375. The first-order chi connectivity index (χ1) is 10.1. The topological polar surface area (TPSA) is 64.3 Å². The lowest BCUT2D eigenvalue weighted by atomic mass is 10.1. The van der Waals surface area contributed by atoms with Gasteiger partial charge in [-0.05, 0) is 25.0 Å². The molecule has 0 unspecified atom stereocenters. The quantitative estimate of drug-likeness (QED) is 0.883. The predicted molar refractivity (Wildman–Crippen MR) is 84.2 cm³/mol. The van der Waals surface area contributed by atoms with Crippen LogP contribution in [0.1, 0.15) is 25.0 Å². The van der Waals surface area contributed by atoms with E-state index in [1.807, 2.05) is 37.9 Å². The van der Waals surface area contributed by atoms with Crippen LogP contribution in [0.5, 0.6) is 5.88 Å². The average Bonchev–Trinajstić information content (AvgIpc) is 2.47. The molecule has 0 aliphatic carbocycles.